The van der Waals surface area contributed by atoms with E-state index in [9.17, 15) is 4.79 Å². The number of amides is 2. The van der Waals surface area contributed by atoms with Crippen LogP contribution in [0.4, 0.5) is 4.79 Å². The standard InChI is InChI=1S/C20H25ClN2O2/c1-15(2)17-5-9-19(10-6-17)25-14-13-23-20(24)22-12-11-16-3-7-18(21)8-4-16/h3-10,15H,11-14H2,1-2H3,(H2,22,23,24). The van der Waals surface area contributed by atoms with Crippen LogP contribution in [0.2, 0.25) is 5.02 Å². The van der Waals surface area contributed by atoms with E-state index in [0.29, 0.717) is 30.6 Å². The number of hydrogen-bond donors (Lipinski definition) is 2. The Morgan fingerprint density at radius 3 is 2.28 bits per heavy atom. The Labute approximate surface area is 154 Å². The number of carbonyl (C=O) groups excluding carboxylic acids is 1. The highest BCUT2D eigenvalue weighted by Crippen LogP contribution is 2.18. The quantitative estimate of drug-likeness (QED) is 0.686. The summed E-state index contributed by atoms with van der Waals surface area (Å²) in [4.78, 5) is 11.7. The maximum Gasteiger partial charge on any atom is 0.314 e. The minimum atomic E-state index is -0.187. The van der Waals surface area contributed by atoms with Gasteiger partial charge in [0.15, 0.2) is 0 Å². The molecule has 5 heteroatoms. The van der Waals surface area contributed by atoms with E-state index in [-0.39, 0.29) is 6.03 Å². The van der Waals surface area contributed by atoms with Crippen molar-refractivity contribution in [2.75, 3.05) is 19.7 Å². The van der Waals surface area contributed by atoms with E-state index in [4.69, 9.17) is 16.3 Å². The second-order valence-corrected chi connectivity index (χ2v) is 6.57. The molecule has 0 aliphatic rings. The fraction of sp³-hybridized carbons (Fsp3) is 0.350. The summed E-state index contributed by atoms with van der Waals surface area (Å²) in [5.41, 5.74) is 2.42. The number of ether oxygens (including phenoxy) is 1. The average molecular weight is 361 g/mol. The second-order valence-electron chi connectivity index (χ2n) is 6.13. The zero-order valence-electron chi connectivity index (χ0n) is 14.7. The predicted octanol–water partition coefficient (Wildman–Crippen LogP) is 4.38. The summed E-state index contributed by atoms with van der Waals surface area (Å²) in [6.07, 6.45) is 0.767. The highest BCUT2D eigenvalue weighted by Gasteiger charge is 2.02. The predicted molar refractivity (Wildman–Crippen MR) is 103 cm³/mol. The first-order valence-electron chi connectivity index (χ1n) is 8.53. The van der Waals surface area contributed by atoms with Crippen LogP contribution in [-0.2, 0) is 6.42 Å². The van der Waals surface area contributed by atoms with Gasteiger partial charge in [0.1, 0.15) is 12.4 Å². The Morgan fingerprint density at radius 1 is 1.00 bits per heavy atom. The van der Waals surface area contributed by atoms with Crippen molar-refractivity contribution in [3.63, 3.8) is 0 Å². The molecule has 0 spiro atoms. The van der Waals surface area contributed by atoms with Crippen molar-refractivity contribution < 1.29 is 9.53 Å². The van der Waals surface area contributed by atoms with Gasteiger partial charge in [-0.15, -0.1) is 0 Å². The highest BCUT2D eigenvalue weighted by molar-refractivity contribution is 6.30. The van der Waals surface area contributed by atoms with E-state index in [2.05, 4.69) is 36.6 Å². The van der Waals surface area contributed by atoms with Gasteiger partial charge >= 0.3 is 6.03 Å². The minimum Gasteiger partial charge on any atom is -0.492 e. The van der Waals surface area contributed by atoms with E-state index in [1.54, 1.807) is 0 Å². The van der Waals surface area contributed by atoms with Crippen LogP contribution < -0.4 is 15.4 Å². The zero-order chi connectivity index (χ0) is 18.1. The highest BCUT2D eigenvalue weighted by atomic mass is 35.5. The van der Waals surface area contributed by atoms with Crippen molar-refractivity contribution in [1.82, 2.24) is 10.6 Å². The molecule has 0 saturated heterocycles. The van der Waals surface area contributed by atoms with Crippen molar-refractivity contribution in [3.05, 3.63) is 64.7 Å². The molecule has 2 rings (SSSR count). The summed E-state index contributed by atoms with van der Waals surface area (Å²) in [6, 6.07) is 15.5. The third-order valence-corrected chi connectivity index (χ3v) is 4.07. The smallest absolute Gasteiger partial charge is 0.314 e. The van der Waals surface area contributed by atoms with Crippen LogP contribution in [0, 0.1) is 0 Å². The summed E-state index contributed by atoms with van der Waals surface area (Å²) in [5.74, 6) is 1.32. The van der Waals surface area contributed by atoms with Crippen LogP contribution in [0.5, 0.6) is 5.75 Å². The molecule has 25 heavy (non-hydrogen) atoms. The Bertz CT molecular complexity index is 654. The minimum absolute atomic E-state index is 0.187. The van der Waals surface area contributed by atoms with Gasteiger partial charge in [0, 0.05) is 11.6 Å². The van der Waals surface area contributed by atoms with Crippen LogP contribution in [-0.4, -0.2) is 25.7 Å². The van der Waals surface area contributed by atoms with Crippen LogP contribution in [0.3, 0.4) is 0 Å². The Morgan fingerprint density at radius 2 is 1.64 bits per heavy atom. The fourth-order valence-corrected chi connectivity index (χ4v) is 2.44. The molecule has 0 aliphatic heterocycles. The number of urea groups is 1. The normalized spacial score (nSPS) is 10.6. The summed E-state index contributed by atoms with van der Waals surface area (Å²) < 4.78 is 5.62. The number of nitrogens with one attached hydrogen (secondary N) is 2. The lowest BCUT2D eigenvalue weighted by Gasteiger charge is -2.10. The molecule has 0 saturated carbocycles. The van der Waals surface area contributed by atoms with Crippen LogP contribution in [0.1, 0.15) is 30.9 Å². The molecule has 0 aromatic heterocycles. The lowest BCUT2D eigenvalue weighted by molar-refractivity contribution is 0.236. The first kappa shape index (κ1) is 19.1. The molecule has 2 aromatic rings. The van der Waals surface area contributed by atoms with Crippen LogP contribution in [0.25, 0.3) is 0 Å². The van der Waals surface area contributed by atoms with Gasteiger partial charge < -0.3 is 15.4 Å². The average Bonchev–Trinajstić information content (AvgIpc) is 2.61. The topological polar surface area (TPSA) is 50.4 Å². The van der Waals surface area contributed by atoms with E-state index in [1.165, 1.54) is 5.56 Å². The molecular formula is C20H25ClN2O2. The molecule has 0 heterocycles. The third-order valence-electron chi connectivity index (χ3n) is 3.82. The SMILES string of the molecule is CC(C)c1ccc(OCCNC(=O)NCCc2ccc(Cl)cc2)cc1. The number of carbonyl (C=O) groups is 1. The molecule has 4 nitrogen and oxygen atoms in total. The summed E-state index contributed by atoms with van der Waals surface area (Å²) in [7, 11) is 0. The third kappa shape index (κ3) is 7.06. The van der Waals surface area contributed by atoms with Crippen molar-refractivity contribution in [2.45, 2.75) is 26.2 Å². The van der Waals surface area contributed by atoms with E-state index in [0.717, 1.165) is 17.7 Å². The van der Waals surface area contributed by atoms with Gasteiger partial charge in [0.2, 0.25) is 0 Å². The molecule has 0 fully saturated rings. The van der Waals surface area contributed by atoms with E-state index >= 15 is 0 Å². The summed E-state index contributed by atoms with van der Waals surface area (Å²) >= 11 is 5.84. The molecular weight excluding hydrogens is 336 g/mol. The van der Waals surface area contributed by atoms with Crippen molar-refractivity contribution in [1.29, 1.82) is 0 Å². The molecule has 2 aromatic carbocycles. The molecule has 0 atom stereocenters. The fourth-order valence-electron chi connectivity index (χ4n) is 2.32. The van der Waals surface area contributed by atoms with Gasteiger partial charge in [0.25, 0.3) is 0 Å². The molecule has 2 N–H and O–H groups in total. The Kier molecular flexibility index (Phi) is 7.61. The lowest BCUT2D eigenvalue weighted by atomic mass is 10.0. The van der Waals surface area contributed by atoms with Gasteiger partial charge in [-0.2, -0.15) is 0 Å². The zero-order valence-corrected chi connectivity index (χ0v) is 15.5. The van der Waals surface area contributed by atoms with Gasteiger partial charge in [-0.3, -0.25) is 0 Å². The maximum atomic E-state index is 11.7. The monoisotopic (exact) mass is 360 g/mol. The van der Waals surface area contributed by atoms with Gasteiger partial charge in [-0.1, -0.05) is 49.7 Å². The number of halogens is 1. The molecule has 2 amide bonds. The summed E-state index contributed by atoms with van der Waals surface area (Å²) in [5, 5.41) is 6.32. The van der Waals surface area contributed by atoms with Gasteiger partial charge in [0.05, 0.1) is 6.54 Å². The summed E-state index contributed by atoms with van der Waals surface area (Å²) in [6.45, 7) is 5.78. The maximum absolute atomic E-state index is 11.7. The van der Waals surface area contributed by atoms with Crippen LogP contribution in [0.15, 0.2) is 48.5 Å². The molecule has 0 bridgehead atoms. The van der Waals surface area contributed by atoms with Crippen LogP contribution >= 0.6 is 11.6 Å². The molecule has 0 unspecified atom stereocenters. The molecule has 0 aliphatic carbocycles. The largest absolute Gasteiger partial charge is 0.492 e. The van der Waals surface area contributed by atoms with Crippen molar-refractivity contribution in [3.8, 4) is 5.75 Å². The first-order valence-corrected chi connectivity index (χ1v) is 8.91. The lowest BCUT2D eigenvalue weighted by Crippen LogP contribution is -2.38. The Hall–Kier alpha value is -2.20. The number of rotatable bonds is 8. The Balaban J connectivity index is 1.58. The first-order chi connectivity index (χ1) is 12.0. The van der Waals surface area contributed by atoms with E-state index < -0.39 is 0 Å². The van der Waals surface area contributed by atoms with Crippen molar-refractivity contribution >= 4 is 17.6 Å². The van der Waals surface area contributed by atoms with Gasteiger partial charge in [-0.25, -0.2) is 4.79 Å². The van der Waals surface area contributed by atoms with Gasteiger partial charge in [-0.05, 0) is 47.7 Å². The molecule has 134 valence electrons. The van der Waals surface area contributed by atoms with E-state index in [1.807, 2.05) is 36.4 Å². The number of benzene rings is 2. The van der Waals surface area contributed by atoms with Crippen molar-refractivity contribution in [2.24, 2.45) is 0 Å². The second kappa shape index (κ2) is 9.94. The molecule has 0 radical (unpaired) electrons. The number of hydrogen-bond acceptors (Lipinski definition) is 2.